The average Bonchev–Trinajstić information content (AvgIpc) is 2.90. The first-order valence-corrected chi connectivity index (χ1v) is 9.79. The normalized spacial score (nSPS) is 36.8. The molecule has 0 aromatic heterocycles. The molecule has 5 aliphatic heterocycles. The van der Waals surface area contributed by atoms with E-state index >= 15 is 0 Å². The van der Waals surface area contributed by atoms with Gasteiger partial charge in [-0.1, -0.05) is 23.8 Å². The quantitative estimate of drug-likeness (QED) is 0.663. The van der Waals surface area contributed by atoms with Crippen molar-refractivity contribution in [2.24, 2.45) is 11.8 Å². The number of Topliss-reactive ketones (excluding diaryl/α,β-unsaturated/α-hetero) is 1. The lowest BCUT2D eigenvalue weighted by atomic mass is 9.56. The van der Waals surface area contributed by atoms with Crippen molar-refractivity contribution in [3.8, 4) is 0 Å². The number of ether oxygens (including phenoxy) is 1. The highest BCUT2D eigenvalue weighted by Crippen LogP contribution is 2.60. The maximum Gasteiger partial charge on any atom is 0.254 e. The van der Waals surface area contributed by atoms with Crippen LogP contribution < -0.4 is 4.90 Å². The Hall–Kier alpha value is -2.40. The van der Waals surface area contributed by atoms with E-state index in [-0.39, 0.29) is 23.8 Å². The highest BCUT2D eigenvalue weighted by molar-refractivity contribution is 6.10. The molecule has 0 N–H and O–H groups in total. The summed E-state index contributed by atoms with van der Waals surface area (Å²) in [6, 6.07) is 7.85. The van der Waals surface area contributed by atoms with Crippen molar-refractivity contribution in [2.75, 3.05) is 31.6 Å². The predicted molar refractivity (Wildman–Crippen MR) is 100 cm³/mol. The van der Waals surface area contributed by atoms with E-state index in [1.165, 1.54) is 5.57 Å². The largest absolute Gasteiger partial charge is 0.493 e. The molecule has 5 nitrogen and oxygen atoms in total. The van der Waals surface area contributed by atoms with E-state index in [9.17, 15) is 9.59 Å². The molecule has 27 heavy (non-hydrogen) atoms. The molecule has 5 heteroatoms. The van der Waals surface area contributed by atoms with Crippen LogP contribution >= 0.6 is 0 Å². The number of carbonyl (C=O) groups excluding carboxylic acids is 2. The number of hydrogen-bond donors (Lipinski definition) is 0. The summed E-state index contributed by atoms with van der Waals surface area (Å²) in [7, 11) is 2.13. The van der Waals surface area contributed by atoms with Crippen molar-refractivity contribution in [1.82, 2.24) is 4.90 Å². The number of para-hydroxylation sites is 1. The molecule has 1 aliphatic carbocycles. The lowest BCUT2D eigenvalue weighted by Crippen LogP contribution is -2.62. The first kappa shape index (κ1) is 15.6. The summed E-state index contributed by atoms with van der Waals surface area (Å²) >= 11 is 0. The zero-order valence-corrected chi connectivity index (χ0v) is 15.4. The monoisotopic (exact) mass is 362 g/mol. The minimum atomic E-state index is -0.621. The minimum absolute atomic E-state index is 0.0509. The number of benzene rings is 1. The van der Waals surface area contributed by atoms with Crippen LogP contribution in [0, 0.1) is 11.8 Å². The number of amides is 1. The lowest BCUT2D eigenvalue weighted by Gasteiger charge is -2.50. The van der Waals surface area contributed by atoms with Gasteiger partial charge in [-0.3, -0.25) is 9.59 Å². The van der Waals surface area contributed by atoms with E-state index in [1.807, 2.05) is 23.1 Å². The maximum absolute atomic E-state index is 13.7. The molecule has 6 aliphatic rings. The Balaban J connectivity index is 1.69. The van der Waals surface area contributed by atoms with Gasteiger partial charge in [-0.15, -0.1) is 0 Å². The highest BCUT2D eigenvalue weighted by atomic mass is 16.5. The van der Waals surface area contributed by atoms with Gasteiger partial charge in [0, 0.05) is 30.6 Å². The second kappa shape index (κ2) is 5.10. The smallest absolute Gasteiger partial charge is 0.254 e. The predicted octanol–water partition coefficient (Wildman–Crippen LogP) is 2.03. The molecular weight excluding hydrogens is 340 g/mol. The van der Waals surface area contributed by atoms with Gasteiger partial charge in [0.05, 0.1) is 11.5 Å². The van der Waals surface area contributed by atoms with Crippen molar-refractivity contribution >= 4 is 17.4 Å². The van der Waals surface area contributed by atoms with Crippen molar-refractivity contribution < 1.29 is 14.3 Å². The van der Waals surface area contributed by atoms with Crippen molar-refractivity contribution in [3.05, 3.63) is 53.3 Å². The van der Waals surface area contributed by atoms with Gasteiger partial charge < -0.3 is 14.5 Å². The topological polar surface area (TPSA) is 49.9 Å². The maximum atomic E-state index is 13.7. The fraction of sp³-hybridized carbons (Fsp3) is 0.455. The number of anilines is 1. The first-order valence-electron chi connectivity index (χ1n) is 9.79. The zero-order chi connectivity index (χ0) is 18.3. The summed E-state index contributed by atoms with van der Waals surface area (Å²) in [5.41, 5.74) is 2.62. The van der Waals surface area contributed by atoms with Crippen molar-refractivity contribution in [3.63, 3.8) is 0 Å². The van der Waals surface area contributed by atoms with Gasteiger partial charge in [0.25, 0.3) is 5.91 Å². The van der Waals surface area contributed by atoms with Gasteiger partial charge in [-0.25, -0.2) is 0 Å². The molecule has 138 valence electrons. The van der Waals surface area contributed by atoms with Crippen molar-refractivity contribution in [1.29, 1.82) is 0 Å². The molecule has 3 fully saturated rings. The van der Waals surface area contributed by atoms with Crippen molar-refractivity contribution in [2.45, 2.75) is 24.3 Å². The summed E-state index contributed by atoms with van der Waals surface area (Å²) in [4.78, 5) is 31.1. The molecule has 2 saturated heterocycles. The summed E-state index contributed by atoms with van der Waals surface area (Å²) in [6.45, 7) is 2.19. The Morgan fingerprint density at radius 1 is 1.22 bits per heavy atom. The van der Waals surface area contributed by atoms with Crippen LogP contribution in [0.5, 0.6) is 0 Å². The lowest BCUT2D eigenvalue weighted by molar-refractivity contribution is -0.131. The number of ketones is 1. The molecule has 0 unspecified atom stereocenters. The Labute approximate surface area is 158 Å². The molecule has 1 aromatic rings. The molecule has 1 saturated carbocycles. The first-order chi connectivity index (χ1) is 13.1. The molecular formula is C22H22N2O3. The fourth-order valence-corrected chi connectivity index (χ4v) is 6.26. The van der Waals surface area contributed by atoms with Crippen LogP contribution in [0.15, 0.2) is 47.7 Å². The standard InChI is InChI=1S/C22H22N2O3/c1-23-8-7-22-15-4-2-3-5-16(15)24-19(26)11-17-20(21(22)24)14(10-18(22)25)13(12-23)6-9-27-17/h2-6,11,14,20-21H,7-10,12H2,1H3/t14-,20-,21-,22+/m0/s1. The Morgan fingerprint density at radius 2 is 2.07 bits per heavy atom. The molecule has 1 spiro atoms. The second-order valence-electron chi connectivity index (χ2n) is 8.53. The number of nitrogens with zero attached hydrogens (tertiary/aromatic N) is 2. The Kier molecular flexibility index (Phi) is 2.96. The molecule has 1 amide bonds. The fourth-order valence-electron chi connectivity index (χ4n) is 6.26. The van der Waals surface area contributed by atoms with E-state index in [0.717, 1.165) is 36.5 Å². The Bertz CT molecular complexity index is 949. The third-order valence-corrected chi connectivity index (χ3v) is 7.35. The van der Waals surface area contributed by atoms with E-state index < -0.39 is 5.41 Å². The van der Waals surface area contributed by atoms with E-state index in [4.69, 9.17) is 4.74 Å². The summed E-state index contributed by atoms with van der Waals surface area (Å²) < 4.78 is 6.06. The van der Waals surface area contributed by atoms with Gasteiger partial charge in [0.15, 0.2) is 0 Å². The van der Waals surface area contributed by atoms with Gasteiger partial charge in [0.2, 0.25) is 0 Å². The van der Waals surface area contributed by atoms with Gasteiger partial charge >= 0.3 is 0 Å². The summed E-state index contributed by atoms with van der Waals surface area (Å²) in [5, 5.41) is 0. The molecule has 4 bridgehead atoms. The third kappa shape index (κ3) is 1.78. The molecule has 4 atom stereocenters. The van der Waals surface area contributed by atoms with Gasteiger partial charge in [-0.05, 0) is 43.6 Å². The molecule has 0 radical (unpaired) electrons. The molecule has 1 aromatic carbocycles. The van der Waals surface area contributed by atoms with E-state index in [1.54, 1.807) is 6.08 Å². The number of hydrogen-bond acceptors (Lipinski definition) is 4. The summed E-state index contributed by atoms with van der Waals surface area (Å²) in [5.74, 6) is 1.21. The summed E-state index contributed by atoms with van der Waals surface area (Å²) in [6.07, 6.45) is 5.10. The average molecular weight is 362 g/mol. The zero-order valence-electron chi connectivity index (χ0n) is 15.4. The molecule has 5 heterocycles. The number of fused-ring (bicyclic) bond motifs is 6. The van der Waals surface area contributed by atoms with E-state index in [0.29, 0.717) is 18.8 Å². The second-order valence-corrected chi connectivity index (χ2v) is 8.53. The van der Waals surface area contributed by atoms with Gasteiger partial charge in [-0.2, -0.15) is 0 Å². The van der Waals surface area contributed by atoms with Gasteiger partial charge in [0.1, 0.15) is 18.1 Å². The molecule has 7 rings (SSSR count). The highest BCUT2D eigenvalue weighted by Gasteiger charge is 2.66. The van der Waals surface area contributed by atoms with Crippen LogP contribution in [-0.4, -0.2) is 49.4 Å². The number of likely N-dealkylation sites (N-methyl/N-ethyl adjacent to an activating group) is 1. The Morgan fingerprint density at radius 3 is 2.96 bits per heavy atom. The van der Waals surface area contributed by atoms with Crippen LogP contribution in [-0.2, 0) is 19.7 Å². The van der Waals surface area contributed by atoms with Crippen LogP contribution in [0.25, 0.3) is 0 Å². The van der Waals surface area contributed by atoms with Crippen LogP contribution in [0.4, 0.5) is 5.69 Å². The SMILES string of the molecule is CN1CC[C@]23C(=O)C[C@H]4C(=CCOC5=CC(=O)N(c6ccccc62)[C@H]3[C@H]54)C1. The number of carbonyl (C=O) groups is 2. The van der Waals surface area contributed by atoms with Crippen LogP contribution in [0.2, 0.25) is 0 Å². The number of rotatable bonds is 0. The third-order valence-electron chi connectivity index (χ3n) is 7.35. The minimum Gasteiger partial charge on any atom is -0.493 e. The van der Waals surface area contributed by atoms with Crippen LogP contribution in [0.1, 0.15) is 18.4 Å². The van der Waals surface area contributed by atoms with Crippen LogP contribution in [0.3, 0.4) is 0 Å². The van der Waals surface area contributed by atoms with E-state index in [2.05, 4.69) is 24.1 Å².